The van der Waals surface area contributed by atoms with Crippen molar-refractivity contribution in [3.63, 3.8) is 0 Å². The molecule has 4 aromatic carbocycles. The Kier molecular flexibility index (Phi) is 6.08. The van der Waals surface area contributed by atoms with E-state index in [9.17, 15) is 35.1 Å². The van der Waals surface area contributed by atoms with E-state index in [2.05, 4.69) is 5.18 Å². The van der Waals surface area contributed by atoms with Crippen LogP contribution in [0.4, 0.5) is 34.1 Å². The molecular formula is C28H14N6O5. The van der Waals surface area contributed by atoms with Crippen molar-refractivity contribution in [1.29, 1.82) is 10.5 Å². The highest BCUT2D eigenvalue weighted by atomic mass is 16.6. The zero-order valence-electron chi connectivity index (χ0n) is 19.8. The highest BCUT2D eigenvalue weighted by Gasteiger charge is 2.37. The smallest absolute Gasteiger partial charge is 0.274 e. The van der Waals surface area contributed by atoms with Crippen LogP contribution < -0.4 is 9.80 Å². The summed E-state index contributed by atoms with van der Waals surface area (Å²) in [4.78, 5) is 53.6. The fourth-order valence-electron chi connectivity index (χ4n) is 4.42. The molecule has 0 fully saturated rings. The van der Waals surface area contributed by atoms with Crippen molar-refractivity contribution in [3.8, 4) is 12.1 Å². The summed E-state index contributed by atoms with van der Waals surface area (Å²) in [7, 11) is 0. The molecule has 0 saturated heterocycles. The number of anilines is 4. The molecule has 11 nitrogen and oxygen atoms in total. The van der Waals surface area contributed by atoms with Gasteiger partial charge in [-0.2, -0.15) is 10.5 Å². The molecule has 11 heteroatoms. The number of hydrogen-bond acceptors (Lipinski definition) is 8. The lowest BCUT2D eigenvalue weighted by molar-refractivity contribution is -0.384. The third-order valence-electron chi connectivity index (χ3n) is 6.14. The van der Waals surface area contributed by atoms with Crippen LogP contribution in [-0.4, -0.2) is 16.7 Å². The first-order valence-electron chi connectivity index (χ1n) is 11.3. The molecule has 0 aliphatic carbocycles. The average molecular weight is 514 g/mol. The summed E-state index contributed by atoms with van der Waals surface area (Å²) in [5.41, 5.74) is -0.468. The maximum atomic E-state index is 14.2. The second kappa shape index (κ2) is 9.69. The van der Waals surface area contributed by atoms with Gasteiger partial charge in [0.1, 0.15) is 11.4 Å². The molecule has 1 heterocycles. The molecule has 4 aromatic rings. The van der Waals surface area contributed by atoms with Crippen LogP contribution in [0.5, 0.6) is 0 Å². The van der Waals surface area contributed by atoms with E-state index in [1.807, 2.05) is 12.1 Å². The number of benzene rings is 4. The number of nitroso groups, excluding NO2 is 1. The number of fused-ring (bicyclic) bond motifs is 2. The number of nitro benzene ring substituents is 1. The van der Waals surface area contributed by atoms with Crippen LogP contribution in [0.2, 0.25) is 0 Å². The number of nitrogens with zero attached hydrogens (tertiary/aromatic N) is 6. The summed E-state index contributed by atoms with van der Waals surface area (Å²) in [6, 6.07) is 23.6. The predicted molar refractivity (Wildman–Crippen MR) is 140 cm³/mol. The van der Waals surface area contributed by atoms with Gasteiger partial charge in [0.25, 0.3) is 17.5 Å². The molecule has 2 amide bonds. The van der Waals surface area contributed by atoms with Gasteiger partial charge in [0, 0.05) is 6.07 Å². The van der Waals surface area contributed by atoms with Gasteiger partial charge in [0.15, 0.2) is 0 Å². The Labute approximate surface area is 220 Å². The van der Waals surface area contributed by atoms with E-state index in [0.29, 0.717) is 0 Å². The Morgan fingerprint density at radius 1 is 0.692 bits per heavy atom. The Bertz CT molecular complexity index is 1800. The SMILES string of the molecule is N#Cc1ccc(N2C(=O)c3ccccc3N(c3ccc(C#N)cc3[N+](=O)[O-])C(=O)c3ccccc32)c(N=O)c1. The summed E-state index contributed by atoms with van der Waals surface area (Å²) >= 11 is 0. The van der Waals surface area contributed by atoms with Crippen molar-refractivity contribution in [1.82, 2.24) is 0 Å². The molecule has 0 aromatic heterocycles. The van der Waals surface area contributed by atoms with Gasteiger partial charge in [0.2, 0.25) is 0 Å². The van der Waals surface area contributed by atoms with Crippen LogP contribution >= 0.6 is 0 Å². The summed E-state index contributed by atoms with van der Waals surface area (Å²) in [6.45, 7) is 0. The van der Waals surface area contributed by atoms with E-state index in [-0.39, 0.29) is 50.7 Å². The lowest BCUT2D eigenvalue weighted by Gasteiger charge is -2.33. The summed E-state index contributed by atoms with van der Waals surface area (Å²) in [6.07, 6.45) is 0. The first-order valence-corrected chi connectivity index (χ1v) is 11.3. The highest BCUT2D eigenvalue weighted by Crippen LogP contribution is 2.44. The van der Waals surface area contributed by atoms with Gasteiger partial charge in [0.05, 0.1) is 56.4 Å². The Balaban J connectivity index is 1.84. The monoisotopic (exact) mass is 514 g/mol. The van der Waals surface area contributed by atoms with Crippen LogP contribution in [-0.2, 0) is 0 Å². The van der Waals surface area contributed by atoms with Gasteiger partial charge in [-0.15, -0.1) is 4.91 Å². The van der Waals surface area contributed by atoms with Crippen LogP contribution in [0.3, 0.4) is 0 Å². The van der Waals surface area contributed by atoms with Gasteiger partial charge in [-0.1, -0.05) is 24.3 Å². The fraction of sp³-hybridized carbons (Fsp3) is 0. The highest BCUT2D eigenvalue weighted by molar-refractivity contribution is 6.25. The van der Waals surface area contributed by atoms with E-state index >= 15 is 0 Å². The number of amides is 2. The maximum Gasteiger partial charge on any atom is 0.294 e. The minimum Gasteiger partial charge on any atom is -0.274 e. The number of nitro groups is 1. The van der Waals surface area contributed by atoms with Crippen molar-refractivity contribution in [2.24, 2.45) is 5.18 Å². The van der Waals surface area contributed by atoms with E-state index in [1.165, 1.54) is 54.6 Å². The van der Waals surface area contributed by atoms with E-state index < -0.39 is 22.4 Å². The number of hydrogen-bond donors (Lipinski definition) is 0. The zero-order valence-corrected chi connectivity index (χ0v) is 19.8. The normalized spacial score (nSPS) is 12.4. The third-order valence-corrected chi connectivity index (χ3v) is 6.14. The summed E-state index contributed by atoms with van der Waals surface area (Å²) in [5, 5.41) is 33.5. The van der Waals surface area contributed by atoms with Crippen LogP contribution in [0.15, 0.2) is 90.1 Å². The number of para-hydroxylation sites is 2. The lowest BCUT2D eigenvalue weighted by Crippen LogP contribution is -2.36. The van der Waals surface area contributed by atoms with Gasteiger partial charge in [-0.25, -0.2) is 0 Å². The lowest BCUT2D eigenvalue weighted by atomic mass is 10.0. The number of carbonyl (C=O) groups excluding carboxylic acids is 2. The molecule has 0 saturated carbocycles. The molecule has 0 atom stereocenters. The molecule has 5 rings (SSSR count). The van der Waals surface area contributed by atoms with Crippen molar-refractivity contribution in [3.05, 3.63) is 122 Å². The topological polar surface area (TPSA) is 161 Å². The zero-order chi connectivity index (χ0) is 27.7. The summed E-state index contributed by atoms with van der Waals surface area (Å²) < 4.78 is 0. The molecule has 0 bridgehead atoms. The third kappa shape index (κ3) is 4.02. The maximum absolute atomic E-state index is 14.2. The van der Waals surface area contributed by atoms with Gasteiger partial charge < -0.3 is 0 Å². The molecule has 0 radical (unpaired) electrons. The van der Waals surface area contributed by atoms with Crippen molar-refractivity contribution in [2.75, 3.05) is 9.80 Å². The second-order valence-electron chi connectivity index (χ2n) is 8.29. The minimum absolute atomic E-state index is 0.000203. The first kappa shape index (κ1) is 24.5. The van der Waals surface area contributed by atoms with Crippen molar-refractivity contribution in [2.45, 2.75) is 0 Å². The van der Waals surface area contributed by atoms with Gasteiger partial charge in [-0.3, -0.25) is 29.5 Å². The number of nitriles is 2. The predicted octanol–water partition coefficient (Wildman–Crippen LogP) is 6.01. The van der Waals surface area contributed by atoms with E-state index in [0.717, 1.165) is 15.9 Å². The van der Waals surface area contributed by atoms with Crippen LogP contribution in [0.1, 0.15) is 31.8 Å². The summed E-state index contributed by atoms with van der Waals surface area (Å²) in [5.74, 6) is -1.35. The minimum atomic E-state index is -0.705. The largest absolute Gasteiger partial charge is 0.294 e. The van der Waals surface area contributed by atoms with Gasteiger partial charge in [-0.05, 0) is 59.8 Å². The standard InChI is InChI=1S/C28H14N6O5/c29-15-17-9-11-24(21(13-17)31-37)32-22-7-3-1-5-19(22)28(36)33(23-8-4-2-6-20(23)27(32)35)25-12-10-18(16-30)14-26(25)34(38)39/h1-14H. The van der Waals surface area contributed by atoms with Gasteiger partial charge >= 0.3 is 0 Å². The molecule has 0 unspecified atom stereocenters. The average Bonchev–Trinajstić information content (AvgIpc) is 2.97. The molecule has 186 valence electrons. The second-order valence-corrected chi connectivity index (χ2v) is 8.29. The number of carbonyl (C=O) groups is 2. The van der Waals surface area contributed by atoms with Crippen LogP contribution in [0.25, 0.3) is 0 Å². The quantitative estimate of drug-likeness (QED) is 0.183. The fourth-order valence-corrected chi connectivity index (χ4v) is 4.42. The Morgan fingerprint density at radius 2 is 1.18 bits per heavy atom. The molecule has 0 N–H and O–H groups in total. The van der Waals surface area contributed by atoms with E-state index in [4.69, 9.17) is 0 Å². The first-order chi connectivity index (χ1) is 18.9. The van der Waals surface area contributed by atoms with Crippen molar-refractivity contribution < 1.29 is 14.5 Å². The molecule has 1 aliphatic rings. The van der Waals surface area contributed by atoms with Crippen LogP contribution in [0, 0.1) is 37.7 Å². The Morgan fingerprint density at radius 3 is 1.69 bits per heavy atom. The van der Waals surface area contributed by atoms with Crippen molar-refractivity contribution >= 4 is 45.9 Å². The molecule has 39 heavy (non-hydrogen) atoms. The molecular weight excluding hydrogens is 500 g/mol. The number of rotatable bonds is 4. The molecule has 0 spiro atoms. The Hall–Kier alpha value is -6.20. The van der Waals surface area contributed by atoms with E-state index in [1.54, 1.807) is 24.3 Å². The molecule has 1 aliphatic heterocycles.